The second kappa shape index (κ2) is 5.64. The van der Waals surface area contributed by atoms with E-state index in [1.54, 1.807) is 36.7 Å². The van der Waals surface area contributed by atoms with Crippen LogP contribution in [0.5, 0.6) is 0 Å². The van der Waals surface area contributed by atoms with Crippen molar-refractivity contribution in [3.8, 4) is 0 Å². The molecular formula is C13H14N2O2S. The van der Waals surface area contributed by atoms with Crippen LogP contribution < -0.4 is 10.9 Å². The molecular weight excluding hydrogens is 248 g/mol. The van der Waals surface area contributed by atoms with E-state index in [2.05, 4.69) is 5.32 Å². The number of aryl methyl sites for hydroxylation is 1. The summed E-state index contributed by atoms with van der Waals surface area (Å²) in [6.07, 6.45) is 2.42. The number of carbonyl (C=O) groups excluding carboxylic acids is 1. The average molecular weight is 262 g/mol. The molecule has 94 valence electrons. The van der Waals surface area contributed by atoms with Gasteiger partial charge in [0, 0.05) is 24.7 Å². The Bertz CT molecular complexity index is 587. The fourth-order valence-electron chi connectivity index (χ4n) is 1.62. The summed E-state index contributed by atoms with van der Waals surface area (Å²) >= 11 is 1.66. The maximum Gasteiger partial charge on any atom is 0.263 e. The number of pyridine rings is 1. The molecule has 4 nitrogen and oxygen atoms in total. The van der Waals surface area contributed by atoms with E-state index in [0.29, 0.717) is 6.54 Å². The zero-order valence-electron chi connectivity index (χ0n) is 10.1. The summed E-state index contributed by atoms with van der Waals surface area (Å²) in [5.74, 6) is -0.312. The Morgan fingerprint density at radius 1 is 1.39 bits per heavy atom. The lowest BCUT2D eigenvalue weighted by Gasteiger charge is -2.05. The first-order valence-corrected chi connectivity index (χ1v) is 6.52. The average Bonchev–Trinajstić information content (AvgIpc) is 2.85. The Balaban J connectivity index is 1.96. The van der Waals surface area contributed by atoms with Crippen molar-refractivity contribution in [2.75, 3.05) is 6.54 Å². The minimum atomic E-state index is -0.312. The fraction of sp³-hybridized carbons (Fsp3) is 0.231. The third-order valence-electron chi connectivity index (χ3n) is 2.61. The number of hydrogen-bond acceptors (Lipinski definition) is 3. The van der Waals surface area contributed by atoms with Crippen LogP contribution in [0.3, 0.4) is 0 Å². The molecule has 0 bridgehead atoms. The van der Waals surface area contributed by atoms with Crippen LogP contribution in [0.4, 0.5) is 0 Å². The van der Waals surface area contributed by atoms with Crippen molar-refractivity contribution in [1.29, 1.82) is 0 Å². The van der Waals surface area contributed by atoms with Crippen LogP contribution in [-0.4, -0.2) is 17.0 Å². The van der Waals surface area contributed by atoms with Crippen LogP contribution >= 0.6 is 11.3 Å². The standard InChI is InChI=1S/C13H14N2O2S/c1-15-8-2-5-11(13(15)17)12(16)14-7-6-10-4-3-9-18-10/h2-5,8-9H,6-7H2,1H3,(H,14,16). The molecule has 0 aliphatic carbocycles. The first-order chi connectivity index (χ1) is 8.68. The van der Waals surface area contributed by atoms with Gasteiger partial charge in [-0.15, -0.1) is 11.3 Å². The molecule has 0 fully saturated rings. The number of carbonyl (C=O) groups is 1. The molecule has 0 saturated heterocycles. The molecule has 1 amide bonds. The Morgan fingerprint density at radius 2 is 2.22 bits per heavy atom. The third kappa shape index (κ3) is 2.87. The second-order valence-corrected chi connectivity index (χ2v) is 4.96. The van der Waals surface area contributed by atoms with Gasteiger partial charge in [0.05, 0.1) is 0 Å². The van der Waals surface area contributed by atoms with E-state index in [1.807, 2.05) is 17.5 Å². The Kier molecular flexibility index (Phi) is 3.94. The van der Waals surface area contributed by atoms with Gasteiger partial charge in [0.2, 0.25) is 0 Å². The lowest BCUT2D eigenvalue weighted by atomic mass is 10.2. The van der Waals surface area contributed by atoms with E-state index < -0.39 is 0 Å². The normalized spacial score (nSPS) is 10.3. The van der Waals surface area contributed by atoms with Gasteiger partial charge in [-0.1, -0.05) is 6.07 Å². The highest BCUT2D eigenvalue weighted by molar-refractivity contribution is 7.09. The van der Waals surface area contributed by atoms with E-state index in [0.717, 1.165) is 6.42 Å². The number of hydrogen-bond donors (Lipinski definition) is 1. The predicted molar refractivity (Wildman–Crippen MR) is 72.0 cm³/mol. The van der Waals surface area contributed by atoms with Crippen molar-refractivity contribution in [3.05, 3.63) is 56.6 Å². The van der Waals surface area contributed by atoms with Gasteiger partial charge in [0.15, 0.2) is 0 Å². The zero-order valence-corrected chi connectivity index (χ0v) is 10.9. The Morgan fingerprint density at radius 3 is 2.94 bits per heavy atom. The lowest BCUT2D eigenvalue weighted by Crippen LogP contribution is -2.32. The molecule has 0 atom stereocenters. The summed E-state index contributed by atoms with van der Waals surface area (Å²) in [5, 5.41) is 4.76. The number of thiophene rings is 1. The summed E-state index contributed by atoms with van der Waals surface area (Å²) in [5.41, 5.74) is -0.0858. The minimum Gasteiger partial charge on any atom is -0.352 e. The zero-order chi connectivity index (χ0) is 13.0. The molecule has 2 rings (SSSR count). The molecule has 2 heterocycles. The van der Waals surface area contributed by atoms with E-state index in [1.165, 1.54) is 9.44 Å². The third-order valence-corrected chi connectivity index (χ3v) is 3.54. The summed E-state index contributed by atoms with van der Waals surface area (Å²) in [6.45, 7) is 0.539. The predicted octanol–water partition coefficient (Wildman–Crippen LogP) is 1.42. The van der Waals surface area contributed by atoms with Crippen LogP contribution in [-0.2, 0) is 13.5 Å². The number of nitrogens with one attached hydrogen (secondary N) is 1. The minimum absolute atomic E-state index is 0.186. The molecule has 18 heavy (non-hydrogen) atoms. The maximum atomic E-state index is 11.8. The van der Waals surface area contributed by atoms with E-state index in [4.69, 9.17) is 0 Å². The van der Waals surface area contributed by atoms with Gasteiger partial charge in [0.25, 0.3) is 11.5 Å². The summed E-state index contributed by atoms with van der Waals surface area (Å²) in [6, 6.07) is 7.24. The first-order valence-electron chi connectivity index (χ1n) is 5.64. The number of aromatic nitrogens is 1. The smallest absolute Gasteiger partial charge is 0.263 e. The topological polar surface area (TPSA) is 51.1 Å². The lowest BCUT2D eigenvalue weighted by molar-refractivity contribution is 0.0952. The van der Waals surface area contributed by atoms with Crippen LogP contribution in [0.1, 0.15) is 15.2 Å². The highest BCUT2D eigenvalue weighted by atomic mass is 32.1. The van der Waals surface area contributed by atoms with Gasteiger partial charge in [-0.25, -0.2) is 0 Å². The summed E-state index contributed by atoms with van der Waals surface area (Å²) < 4.78 is 1.40. The highest BCUT2D eigenvalue weighted by Gasteiger charge is 2.10. The van der Waals surface area contributed by atoms with Gasteiger partial charge >= 0.3 is 0 Å². The molecule has 1 N–H and O–H groups in total. The molecule has 0 spiro atoms. The molecule has 0 aromatic carbocycles. The van der Waals surface area contributed by atoms with E-state index in [-0.39, 0.29) is 17.0 Å². The summed E-state index contributed by atoms with van der Waals surface area (Å²) in [7, 11) is 1.63. The molecule has 0 radical (unpaired) electrons. The largest absolute Gasteiger partial charge is 0.352 e. The van der Waals surface area contributed by atoms with Crippen molar-refractivity contribution in [2.24, 2.45) is 7.05 Å². The molecule has 2 aromatic rings. The second-order valence-electron chi connectivity index (χ2n) is 3.92. The van der Waals surface area contributed by atoms with E-state index in [9.17, 15) is 9.59 Å². The van der Waals surface area contributed by atoms with E-state index >= 15 is 0 Å². The number of amides is 1. The van der Waals surface area contributed by atoms with Gasteiger partial charge < -0.3 is 9.88 Å². The highest BCUT2D eigenvalue weighted by Crippen LogP contribution is 2.08. The summed E-state index contributed by atoms with van der Waals surface area (Å²) in [4.78, 5) is 24.8. The van der Waals surface area contributed by atoms with Gasteiger partial charge in [-0.05, 0) is 30.0 Å². The van der Waals surface area contributed by atoms with Gasteiger partial charge in [-0.3, -0.25) is 9.59 Å². The van der Waals surface area contributed by atoms with Crippen molar-refractivity contribution in [3.63, 3.8) is 0 Å². The first kappa shape index (κ1) is 12.6. The van der Waals surface area contributed by atoms with Crippen LogP contribution in [0.15, 0.2) is 40.6 Å². The molecule has 5 heteroatoms. The Hall–Kier alpha value is -1.88. The number of rotatable bonds is 4. The molecule has 0 aliphatic heterocycles. The van der Waals surface area contributed by atoms with Crippen LogP contribution in [0.25, 0.3) is 0 Å². The number of nitrogens with zero attached hydrogens (tertiary/aromatic N) is 1. The van der Waals surface area contributed by atoms with Crippen LogP contribution in [0.2, 0.25) is 0 Å². The van der Waals surface area contributed by atoms with Crippen molar-refractivity contribution >= 4 is 17.2 Å². The van der Waals surface area contributed by atoms with Crippen LogP contribution in [0, 0.1) is 0 Å². The molecule has 0 aliphatic rings. The molecule has 2 aromatic heterocycles. The van der Waals surface area contributed by atoms with Gasteiger partial charge in [0.1, 0.15) is 5.56 Å². The quantitative estimate of drug-likeness (QED) is 0.906. The van der Waals surface area contributed by atoms with Gasteiger partial charge in [-0.2, -0.15) is 0 Å². The van der Waals surface area contributed by atoms with Crippen molar-refractivity contribution in [2.45, 2.75) is 6.42 Å². The monoisotopic (exact) mass is 262 g/mol. The Labute approximate surface area is 109 Å². The van der Waals surface area contributed by atoms with Crippen molar-refractivity contribution < 1.29 is 4.79 Å². The van der Waals surface area contributed by atoms with Crippen molar-refractivity contribution in [1.82, 2.24) is 9.88 Å². The molecule has 0 saturated carbocycles. The SMILES string of the molecule is Cn1cccc(C(=O)NCCc2cccs2)c1=O. The fourth-order valence-corrected chi connectivity index (χ4v) is 2.33. The molecule has 0 unspecified atom stereocenters. The maximum absolute atomic E-state index is 11.8.